The second-order valence-electron chi connectivity index (χ2n) is 3.85. The van der Waals surface area contributed by atoms with Crippen molar-refractivity contribution in [3.63, 3.8) is 0 Å². The smallest absolute Gasteiger partial charge is 0.239 e. The molecular formula is C13H19NOS. The van der Waals surface area contributed by atoms with Crippen LogP contribution in [0.15, 0.2) is 30.3 Å². The van der Waals surface area contributed by atoms with E-state index in [4.69, 9.17) is 0 Å². The maximum Gasteiger partial charge on any atom is 0.239 e. The molecule has 1 aromatic rings. The average molecular weight is 237 g/mol. The van der Waals surface area contributed by atoms with Crippen molar-refractivity contribution in [3.8, 4) is 0 Å². The summed E-state index contributed by atoms with van der Waals surface area (Å²) in [5, 5.41) is -0.253. The minimum Gasteiger partial charge on any atom is -0.311 e. The maximum atomic E-state index is 12.0. The molecule has 0 saturated carbocycles. The lowest BCUT2D eigenvalue weighted by atomic mass is 10.2. The number of nitrogens with zero attached hydrogens (tertiary/aromatic N) is 1. The Morgan fingerprint density at radius 2 is 2.00 bits per heavy atom. The van der Waals surface area contributed by atoms with Crippen molar-refractivity contribution in [2.45, 2.75) is 31.9 Å². The summed E-state index contributed by atoms with van der Waals surface area (Å²) in [6.07, 6.45) is 2.10. The Kier molecular flexibility index (Phi) is 5.39. The summed E-state index contributed by atoms with van der Waals surface area (Å²) < 4.78 is 0. The van der Waals surface area contributed by atoms with Crippen molar-refractivity contribution in [1.29, 1.82) is 0 Å². The predicted molar refractivity (Wildman–Crippen MR) is 72.2 cm³/mol. The molecule has 0 aromatic heterocycles. The van der Waals surface area contributed by atoms with E-state index in [0.29, 0.717) is 0 Å². The quantitative estimate of drug-likeness (QED) is 0.780. The zero-order chi connectivity index (χ0) is 12.0. The summed E-state index contributed by atoms with van der Waals surface area (Å²) in [6.45, 7) is 4.70. The highest BCUT2D eigenvalue weighted by Crippen LogP contribution is 2.16. The molecule has 1 aromatic carbocycles. The Bertz CT molecular complexity index is 324. The van der Waals surface area contributed by atoms with Crippen LogP contribution in [-0.2, 0) is 4.79 Å². The molecule has 0 spiro atoms. The number of rotatable bonds is 5. The molecule has 88 valence electrons. The van der Waals surface area contributed by atoms with Crippen LogP contribution in [0.25, 0.3) is 0 Å². The first-order chi connectivity index (χ1) is 7.66. The van der Waals surface area contributed by atoms with E-state index in [1.54, 1.807) is 0 Å². The van der Waals surface area contributed by atoms with E-state index in [-0.39, 0.29) is 11.2 Å². The minimum absolute atomic E-state index is 0.0722. The molecule has 0 aliphatic heterocycles. The normalized spacial score (nSPS) is 12.2. The standard InChI is InChI=1S/C13H19NOS/c1-3-4-10-14(13(15)11(2)16)12-8-6-5-7-9-12/h5-9,11,16H,3-4,10H2,1-2H3. The second-order valence-corrected chi connectivity index (χ2v) is 4.63. The summed E-state index contributed by atoms with van der Waals surface area (Å²) in [7, 11) is 0. The molecule has 3 heteroatoms. The van der Waals surface area contributed by atoms with Crippen LogP contribution in [0.2, 0.25) is 0 Å². The first-order valence-corrected chi connectivity index (χ1v) is 6.23. The lowest BCUT2D eigenvalue weighted by Gasteiger charge is -2.24. The molecule has 0 heterocycles. The van der Waals surface area contributed by atoms with Crippen LogP contribution in [-0.4, -0.2) is 17.7 Å². The van der Waals surface area contributed by atoms with Crippen LogP contribution in [0.3, 0.4) is 0 Å². The largest absolute Gasteiger partial charge is 0.311 e. The Labute approximate surface area is 103 Å². The first-order valence-electron chi connectivity index (χ1n) is 5.71. The highest BCUT2D eigenvalue weighted by atomic mass is 32.1. The topological polar surface area (TPSA) is 20.3 Å². The molecule has 0 radical (unpaired) electrons. The van der Waals surface area contributed by atoms with Crippen molar-refractivity contribution in [2.75, 3.05) is 11.4 Å². The number of unbranched alkanes of at least 4 members (excludes halogenated alkanes) is 1. The summed E-state index contributed by atoms with van der Waals surface area (Å²) in [4.78, 5) is 13.8. The van der Waals surface area contributed by atoms with Gasteiger partial charge in [-0.15, -0.1) is 0 Å². The van der Waals surface area contributed by atoms with E-state index in [0.717, 1.165) is 25.1 Å². The molecule has 0 aliphatic rings. The third-order valence-corrected chi connectivity index (χ3v) is 2.65. The monoisotopic (exact) mass is 237 g/mol. The fourth-order valence-electron chi connectivity index (χ4n) is 1.52. The van der Waals surface area contributed by atoms with Crippen molar-refractivity contribution < 1.29 is 4.79 Å². The number of amides is 1. The third kappa shape index (κ3) is 3.56. The summed E-state index contributed by atoms with van der Waals surface area (Å²) >= 11 is 4.21. The van der Waals surface area contributed by atoms with Gasteiger partial charge < -0.3 is 4.90 Å². The number of hydrogen-bond acceptors (Lipinski definition) is 2. The Hall–Kier alpha value is -0.960. The number of hydrogen-bond donors (Lipinski definition) is 1. The molecule has 0 bridgehead atoms. The van der Waals surface area contributed by atoms with Crippen LogP contribution in [0.5, 0.6) is 0 Å². The van der Waals surface area contributed by atoms with Gasteiger partial charge in [0, 0.05) is 12.2 Å². The van der Waals surface area contributed by atoms with Gasteiger partial charge in [-0.2, -0.15) is 12.6 Å². The SMILES string of the molecule is CCCCN(C(=O)C(C)S)c1ccccc1. The third-order valence-electron chi connectivity index (χ3n) is 2.43. The van der Waals surface area contributed by atoms with Gasteiger partial charge in [-0.05, 0) is 25.5 Å². The molecule has 1 rings (SSSR count). The van der Waals surface area contributed by atoms with Crippen molar-refractivity contribution in [1.82, 2.24) is 0 Å². The predicted octanol–water partition coefficient (Wildman–Crippen LogP) is 3.14. The molecule has 16 heavy (non-hydrogen) atoms. The van der Waals surface area contributed by atoms with Crippen LogP contribution < -0.4 is 4.90 Å². The summed E-state index contributed by atoms with van der Waals surface area (Å²) in [6, 6.07) is 9.78. The molecular weight excluding hydrogens is 218 g/mol. The molecule has 0 aliphatic carbocycles. The van der Waals surface area contributed by atoms with Gasteiger partial charge >= 0.3 is 0 Å². The molecule has 1 amide bonds. The Morgan fingerprint density at radius 1 is 1.38 bits per heavy atom. The van der Waals surface area contributed by atoms with Gasteiger partial charge in [0.2, 0.25) is 5.91 Å². The first kappa shape index (κ1) is 13.1. The zero-order valence-electron chi connectivity index (χ0n) is 9.89. The second kappa shape index (κ2) is 6.59. The van der Waals surface area contributed by atoms with Crippen molar-refractivity contribution in [3.05, 3.63) is 30.3 Å². The zero-order valence-corrected chi connectivity index (χ0v) is 10.8. The number of benzene rings is 1. The van der Waals surface area contributed by atoms with E-state index < -0.39 is 0 Å². The highest BCUT2D eigenvalue weighted by Gasteiger charge is 2.18. The van der Waals surface area contributed by atoms with Gasteiger partial charge in [-0.1, -0.05) is 31.5 Å². The fraction of sp³-hybridized carbons (Fsp3) is 0.462. The number of anilines is 1. The molecule has 2 nitrogen and oxygen atoms in total. The molecule has 0 N–H and O–H groups in total. The molecule has 1 unspecified atom stereocenters. The van der Waals surface area contributed by atoms with E-state index in [1.807, 2.05) is 42.2 Å². The van der Waals surface area contributed by atoms with Gasteiger partial charge in [-0.25, -0.2) is 0 Å². The average Bonchev–Trinajstić information content (AvgIpc) is 2.30. The number of thiol groups is 1. The van der Waals surface area contributed by atoms with E-state index >= 15 is 0 Å². The van der Waals surface area contributed by atoms with Crippen LogP contribution >= 0.6 is 12.6 Å². The summed E-state index contributed by atoms with van der Waals surface area (Å²) in [5.41, 5.74) is 0.960. The number of para-hydroxylation sites is 1. The lowest BCUT2D eigenvalue weighted by Crippen LogP contribution is -2.36. The van der Waals surface area contributed by atoms with Crippen molar-refractivity contribution in [2.24, 2.45) is 0 Å². The molecule has 1 atom stereocenters. The Morgan fingerprint density at radius 3 is 2.50 bits per heavy atom. The maximum absolute atomic E-state index is 12.0. The summed E-state index contributed by atoms with van der Waals surface area (Å²) in [5.74, 6) is 0.0722. The molecule has 0 fully saturated rings. The van der Waals surface area contributed by atoms with Gasteiger partial charge in [0.1, 0.15) is 0 Å². The fourth-order valence-corrected chi connectivity index (χ4v) is 1.66. The lowest BCUT2D eigenvalue weighted by molar-refractivity contribution is -0.117. The number of carbonyl (C=O) groups is 1. The van der Waals surface area contributed by atoms with Gasteiger partial charge in [0.05, 0.1) is 5.25 Å². The minimum atomic E-state index is -0.253. The molecule has 0 saturated heterocycles. The van der Waals surface area contributed by atoms with Crippen LogP contribution in [0.4, 0.5) is 5.69 Å². The van der Waals surface area contributed by atoms with E-state index in [9.17, 15) is 4.79 Å². The van der Waals surface area contributed by atoms with Gasteiger partial charge in [-0.3, -0.25) is 4.79 Å². The van der Waals surface area contributed by atoms with E-state index in [1.165, 1.54) is 0 Å². The van der Waals surface area contributed by atoms with Crippen LogP contribution in [0.1, 0.15) is 26.7 Å². The van der Waals surface area contributed by atoms with Crippen molar-refractivity contribution >= 4 is 24.2 Å². The van der Waals surface area contributed by atoms with Gasteiger partial charge in [0.15, 0.2) is 0 Å². The number of carbonyl (C=O) groups excluding carboxylic acids is 1. The Balaban J connectivity index is 2.83. The highest BCUT2D eigenvalue weighted by molar-refractivity contribution is 7.81. The van der Waals surface area contributed by atoms with E-state index in [2.05, 4.69) is 19.6 Å². The van der Waals surface area contributed by atoms with Gasteiger partial charge in [0.25, 0.3) is 0 Å². The van der Waals surface area contributed by atoms with Crippen LogP contribution in [0, 0.1) is 0 Å².